The number of nitrogens with one attached hydrogen (secondary N) is 1. The Hall–Kier alpha value is -4.17. The molecule has 3 aromatic rings. The van der Waals surface area contributed by atoms with Crippen LogP contribution in [0.25, 0.3) is 11.3 Å². The quantitative estimate of drug-likeness (QED) is 0.113. The number of carbonyl (C=O) groups is 2. The van der Waals surface area contributed by atoms with Crippen molar-refractivity contribution in [1.29, 1.82) is 0 Å². The van der Waals surface area contributed by atoms with Crippen molar-refractivity contribution in [3.63, 3.8) is 0 Å². The predicted molar refractivity (Wildman–Crippen MR) is 180 cm³/mol. The molecule has 2 aliphatic rings. The van der Waals surface area contributed by atoms with Gasteiger partial charge in [0.1, 0.15) is 0 Å². The van der Waals surface area contributed by atoms with Crippen LogP contribution >= 0.6 is 0 Å². The third kappa shape index (κ3) is 8.11. The topological polar surface area (TPSA) is 117 Å². The van der Waals surface area contributed by atoms with Crippen LogP contribution in [-0.4, -0.2) is 45.0 Å². The fraction of sp³-hybridized carbons (Fsp3) is 0.200. The summed E-state index contributed by atoms with van der Waals surface area (Å²) in [7, 11) is -4.10. The predicted octanol–water partition coefficient (Wildman–Crippen LogP) is 7.08. The molecule has 0 radical (unpaired) electrons. The number of rotatable bonds is 11. The second kappa shape index (κ2) is 13.4. The molecule has 0 saturated heterocycles. The average Bonchev–Trinajstić information content (AvgIpc) is 3.48. The molecule has 1 amide bonds. The van der Waals surface area contributed by atoms with Gasteiger partial charge in [0.15, 0.2) is 0 Å². The standard InChI is InChI=1S/C35H35AsN2O6S/c1-35(2,3)27-17-12-25(13-18-27)32(37-28-19-14-26(15-20-28)33(39)36-22-23-45(41,42)43)34(40)38(29-9-5-4-6-10-29)31-21-16-24-8-7-11-30(24)44-31/h4-21,32,36-37H,22-23H2,1-3H3,(H,41,42,43). The number of anilines is 3. The number of nitrogens with zero attached hydrogens (tertiary/aromatic N) is 1. The summed E-state index contributed by atoms with van der Waals surface area (Å²) in [6, 6.07) is 32.7. The van der Waals surface area contributed by atoms with Crippen LogP contribution in [0.1, 0.15) is 48.3 Å². The fourth-order valence-electron chi connectivity index (χ4n) is 4.89. The summed E-state index contributed by atoms with van der Waals surface area (Å²) in [5, 5.41) is 3.54. The maximum absolute atomic E-state index is 14.7. The van der Waals surface area contributed by atoms with Crippen molar-refractivity contribution < 1.29 is 27.0 Å². The van der Waals surface area contributed by atoms with E-state index < -0.39 is 37.7 Å². The molecule has 1 aliphatic heterocycles. The van der Waals surface area contributed by atoms with E-state index in [0.29, 0.717) is 28.6 Å². The molecule has 0 fully saturated rings. The molecule has 10 heteroatoms. The van der Waals surface area contributed by atoms with Gasteiger partial charge in [0.05, 0.1) is 0 Å². The molecule has 2 N–H and O–H groups in total. The summed E-state index contributed by atoms with van der Waals surface area (Å²) in [5.41, 5.74) is 4.48. The molecule has 0 spiro atoms. The molecule has 3 aromatic carbocycles. The van der Waals surface area contributed by atoms with Crippen molar-refractivity contribution in [2.45, 2.75) is 37.4 Å². The zero-order valence-corrected chi connectivity index (χ0v) is 28.1. The van der Waals surface area contributed by atoms with Crippen molar-refractivity contribution >= 4 is 53.6 Å². The molecule has 232 valence electrons. The Bertz CT molecular complexity index is 1850. The molecular formula is C35H35AsN2O6S. The zero-order valence-electron chi connectivity index (χ0n) is 25.2. The number of amides is 1. The monoisotopic (exact) mass is 686 g/mol. The first-order valence-electron chi connectivity index (χ1n) is 14.5. The van der Waals surface area contributed by atoms with Gasteiger partial charge in [-0.2, -0.15) is 0 Å². The molecule has 45 heavy (non-hydrogen) atoms. The van der Waals surface area contributed by atoms with Gasteiger partial charge in [-0.3, -0.25) is 0 Å². The van der Waals surface area contributed by atoms with E-state index in [-0.39, 0.29) is 21.1 Å². The average molecular weight is 687 g/mol. The fourth-order valence-corrected chi connectivity index (χ4v) is 8.77. The summed E-state index contributed by atoms with van der Waals surface area (Å²) >= 11 is -1.26. The Morgan fingerprint density at radius 1 is 0.867 bits per heavy atom. The van der Waals surface area contributed by atoms with Crippen LogP contribution in [0.2, 0.25) is 5.21 Å². The molecular weight excluding hydrogens is 651 g/mol. The first-order valence-corrected chi connectivity index (χ1v) is 18.6. The number of para-hydroxylation sites is 1. The normalized spacial score (nSPS) is 12.8. The second-order valence-corrected chi connectivity index (χ2v) is 16.0. The van der Waals surface area contributed by atoms with Crippen LogP contribution in [0, 0.1) is 0 Å². The van der Waals surface area contributed by atoms with Gasteiger partial charge in [0.25, 0.3) is 0 Å². The van der Waals surface area contributed by atoms with Crippen molar-refractivity contribution in [2.75, 3.05) is 16.0 Å². The first kappa shape index (κ1) is 32.2. The van der Waals surface area contributed by atoms with Gasteiger partial charge in [-0.05, 0) is 6.07 Å². The Kier molecular flexibility index (Phi) is 9.63. The molecule has 0 saturated carbocycles. The summed E-state index contributed by atoms with van der Waals surface area (Å²) in [6.07, 6.45) is 0. The summed E-state index contributed by atoms with van der Waals surface area (Å²) < 4.78 is 37.1. The van der Waals surface area contributed by atoms with E-state index >= 15 is 0 Å². The Morgan fingerprint density at radius 2 is 1.56 bits per heavy atom. The van der Waals surface area contributed by atoms with Gasteiger partial charge in [0, 0.05) is 5.56 Å². The van der Waals surface area contributed by atoms with Gasteiger partial charge < -0.3 is 0 Å². The van der Waals surface area contributed by atoms with E-state index in [1.54, 1.807) is 35.2 Å². The van der Waals surface area contributed by atoms with E-state index in [0.717, 1.165) is 16.7 Å². The van der Waals surface area contributed by atoms with E-state index in [4.69, 9.17) is 8.97 Å². The Labute approximate surface area is 270 Å². The zero-order chi connectivity index (χ0) is 32.2. The number of hydrogen-bond donors (Lipinski definition) is 2. The third-order valence-corrected chi connectivity index (χ3v) is 11.2. The first-order chi connectivity index (χ1) is 21.4. The third-order valence-electron chi connectivity index (χ3n) is 7.34. The van der Waals surface area contributed by atoms with Gasteiger partial charge in [-0.15, -0.1) is 0 Å². The van der Waals surface area contributed by atoms with Crippen LogP contribution in [0.3, 0.4) is 0 Å². The number of carbonyl (C=O) groups excluding carboxylic acids is 2. The molecule has 0 aromatic heterocycles. The summed E-state index contributed by atoms with van der Waals surface area (Å²) in [6.45, 7) is 6.40. The van der Waals surface area contributed by atoms with Crippen LogP contribution in [0.5, 0.6) is 0 Å². The van der Waals surface area contributed by atoms with Gasteiger partial charge in [-0.1, -0.05) is 39.0 Å². The molecule has 1 heterocycles. The van der Waals surface area contributed by atoms with Crippen molar-refractivity contribution in [3.8, 4) is 11.3 Å². The summed E-state index contributed by atoms with van der Waals surface area (Å²) in [5.74, 6) is 0.356. The van der Waals surface area contributed by atoms with Crippen molar-refractivity contribution in [3.05, 3.63) is 126 Å². The van der Waals surface area contributed by atoms with E-state index in [1.807, 2.05) is 78.9 Å². The maximum atomic E-state index is 14.7. The van der Waals surface area contributed by atoms with Crippen LogP contribution < -0.4 is 10.2 Å². The minimum absolute atomic E-state index is 0.0674. The van der Waals surface area contributed by atoms with Crippen molar-refractivity contribution in [1.82, 2.24) is 0 Å². The van der Waals surface area contributed by atoms with Crippen LogP contribution in [0.4, 0.5) is 17.3 Å². The van der Waals surface area contributed by atoms with Crippen LogP contribution in [0.15, 0.2) is 114 Å². The molecule has 2 unspecified atom stereocenters. The molecule has 2 atom stereocenters. The number of benzene rings is 3. The number of fused-ring (bicyclic) bond motifs is 1. The van der Waals surface area contributed by atoms with E-state index in [1.165, 1.54) is 0 Å². The van der Waals surface area contributed by atoms with Gasteiger partial charge >= 0.3 is 221 Å². The SMILES string of the molecule is CC(C)(C)c1ccc(C(Nc2ccc(C(=O)[AsH]CCS(=O)(=O)O)cc2)C(=O)N(c2ccccc2)c2ccc3cccc-3o2)cc1. The van der Waals surface area contributed by atoms with Gasteiger partial charge in [0.2, 0.25) is 0 Å². The molecule has 0 bridgehead atoms. The molecule has 8 nitrogen and oxygen atoms in total. The van der Waals surface area contributed by atoms with Crippen molar-refractivity contribution in [2.24, 2.45) is 0 Å². The minimum atomic E-state index is -4.10. The van der Waals surface area contributed by atoms with E-state index in [2.05, 4.69) is 26.1 Å². The molecule has 1 aliphatic carbocycles. The molecule has 5 rings (SSSR count). The summed E-state index contributed by atoms with van der Waals surface area (Å²) in [4.78, 5) is 28.9. The Balaban J connectivity index is 1.49. The Morgan fingerprint density at radius 3 is 2.20 bits per heavy atom. The van der Waals surface area contributed by atoms with E-state index in [9.17, 15) is 18.0 Å². The number of hydrogen-bond acceptors (Lipinski definition) is 6. The van der Waals surface area contributed by atoms with Gasteiger partial charge in [-0.25, -0.2) is 0 Å². The van der Waals surface area contributed by atoms with Crippen LogP contribution in [-0.2, 0) is 20.3 Å². The second-order valence-electron chi connectivity index (χ2n) is 11.7.